The number of nitrogens with two attached hydrogens (primary N) is 1. The van der Waals surface area contributed by atoms with Crippen LogP contribution in [0.4, 0.5) is 17.1 Å². The summed E-state index contributed by atoms with van der Waals surface area (Å²) in [5.41, 5.74) is 25.0. The van der Waals surface area contributed by atoms with Crippen LogP contribution >= 0.6 is 27.5 Å². The standard InChI is InChI=1S/C38H34N6O4S.C33H31N5O2.C32H25N5O3S.C4H4BrClO.C3H8/c1-43(2)17-8-15-37(46)42-32-12-7-11-29(23-32)36(45)21-28-10-6-9-27(19-28)20-33-24-35(41-26-40-33)31-22-30-16-18-44(38(30)39-25-31)49(47,48)34-13-4-3-5-14-34;1-38(2)14-6-13-33(40)37-28-11-4-10-26(19-28)32(39)17-24-8-3-7-23(15-24)16-29-20-31(36-22-35-29)27-18-25-9-5-12-30(25)34-21-27;33-27-9-5-8-24(18-27)31(38)16-23-7-4-6-22(14-23)15-28-19-30(36-21-35-28)26-17-25-12-13-37(32(25)34-20-26)41(39,40)29-10-2-1-3-11-29;5-3-1-2-4(6)7;1-3-2/h3-16,18-19,22-26H,17,20-21H2,1-2H3,(H,42,46);3-11,13,15,18-22H,12,14,16-17H2,1-2H3,(H,37,40);1-14,17-21H,15-16,33H2;1-2H,3H2;3H2,1-2H3/b15-8+;13-6+;;2-1+;. The second-order valence-electron chi connectivity index (χ2n) is 33.1. The highest BCUT2D eigenvalue weighted by Crippen LogP contribution is 2.31. The number of nitrogens with zero attached hydrogens (tertiary/aromatic N) is 13. The molecule has 1 aliphatic carbocycles. The number of anilines is 3. The van der Waals surface area contributed by atoms with Crippen molar-refractivity contribution in [2.45, 2.75) is 75.0 Å². The summed E-state index contributed by atoms with van der Waals surface area (Å²) in [6, 6.07) is 76.3. The van der Waals surface area contributed by atoms with Gasteiger partial charge in [0.25, 0.3) is 20.0 Å². The SMILES string of the molecule is CCC.CN(C)C/C=C/C(=O)Nc1cccc(C(=O)Cc2cccc(Cc3cc(-c4cnc5c(c4)C=CC5)ncn3)c2)c1.CN(C)C/C=C/C(=O)Nc1cccc(C(=O)Cc2cccc(Cc3cc(-c4cnc5c(ccn5S(=O)(=O)c5ccccc5)c4)ncn3)c2)c1.Nc1cccc(C(=O)Cc2cccc(Cc3cc(-c4cnc5c(ccn5S(=O)(=O)c5ccccc5)c4)ncn3)c2)c1.O=C(Cl)/C=C/CBr. The van der Waals surface area contributed by atoms with E-state index in [0.29, 0.717) is 105 Å². The highest BCUT2D eigenvalue weighted by molar-refractivity contribution is 9.09. The zero-order valence-electron chi connectivity index (χ0n) is 77.8. The molecule has 30 heteroatoms. The minimum Gasteiger partial charge on any atom is -0.399 e. The number of pyridine rings is 3. The number of nitrogens with one attached hydrogen (secondary N) is 2. The van der Waals surface area contributed by atoms with Crippen LogP contribution in [-0.4, -0.2) is 160 Å². The van der Waals surface area contributed by atoms with Crippen LogP contribution in [0.2, 0.25) is 0 Å². The maximum atomic E-state index is 13.2. The molecule has 0 saturated carbocycles. The Bertz CT molecular complexity index is 7520. The molecule has 2 amide bonds. The Labute approximate surface area is 827 Å². The van der Waals surface area contributed by atoms with Crippen LogP contribution in [0.25, 0.3) is 61.9 Å². The second-order valence-corrected chi connectivity index (χ2v) is 37.8. The predicted octanol–water partition coefficient (Wildman–Crippen LogP) is 19.4. The smallest absolute Gasteiger partial charge is 0.269 e. The number of nitrogen functional groups attached to an aromatic ring is 1. The van der Waals surface area contributed by atoms with Crippen molar-refractivity contribution < 1.29 is 45.6 Å². The number of hydrogen-bond donors (Lipinski definition) is 3. The molecule has 17 rings (SSSR count). The minimum atomic E-state index is -3.79. The monoisotopic (exact) mass is 1980 g/mol. The molecule has 708 valence electrons. The van der Waals surface area contributed by atoms with Crippen LogP contribution < -0.4 is 16.4 Å². The zero-order chi connectivity index (χ0) is 99.1. The number of alkyl halides is 1. The number of carbonyl (C=O) groups is 6. The summed E-state index contributed by atoms with van der Waals surface area (Å²) in [5.74, 6) is -0.548. The average Bonchev–Trinajstić information content (AvgIpc) is 1.62. The average molecular weight is 1990 g/mol. The number of fused-ring (bicyclic) bond motifs is 3. The van der Waals surface area contributed by atoms with Crippen molar-refractivity contribution >= 4 is 127 Å². The van der Waals surface area contributed by atoms with Crippen LogP contribution in [0.15, 0.2) is 357 Å². The number of hydrogen-bond acceptors (Lipinski definition) is 22. The van der Waals surface area contributed by atoms with Crippen LogP contribution in [-0.2, 0) is 79.4 Å². The van der Waals surface area contributed by atoms with Gasteiger partial charge in [-0.3, -0.25) is 33.8 Å². The summed E-state index contributed by atoms with van der Waals surface area (Å²) in [5, 5.41) is 7.22. The molecular weight excluding hydrogens is 1880 g/mol. The van der Waals surface area contributed by atoms with Crippen LogP contribution in [0, 0.1) is 0 Å². The van der Waals surface area contributed by atoms with Gasteiger partial charge in [-0.05, 0) is 194 Å². The van der Waals surface area contributed by atoms with Crippen molar-refractivity contribution in [3.8, 4) is 33.8 Å². The number of likely N-dealkylation sites (N-methyl/N-ethyl adjacent to an activating group) is 2. The molecular formula is C110H102BrClN16O10S2. The molecule has 8 aromatic heterocycles. The molecule has 0 unspecified atom stereocenters. The fourth-order valence-electron chi connectivity index (χ4n) is 14.8. The number of Topliss-reactive ketones (excluding diaryl/α,β-unsaturated/α-hetero) is 3. The van der Waals surface area contributed by atoms with Crippen molar-refractivity contribution in [1.29, 1.82) is 0 Å². The van der Waals surface area contributed by atoms with Gasteiger partial charge in [0.15, 0.2) is 28.6 Å². The van der Waals surface area contributed by atoms with E-state index in [4.69, 9.17) is 17.3 Å². The quantitative estimate of drug-likeness (QED) is 0.0116. The molecule has 1 aliphatic rings. The van der Waals surface area contributed by atoms with Crippen molar-refractivity contribution in [3.63, 3.8) is 0 Å². The third-order valence-corrected chi connectivity index (χ3v) is 25.3. The van der Waals surface area contributed by atoms with Gasteiger partial charge in [0.2, 0.25) is 17.1 Å². The van der Waals surface area contributed by atoms with E-state index in [0.717, 1.165) is 90.5 Å². The van der Waals surface area contributed by atoms with Gasteiger partial charge in [-0.25, -0.2) is 64.7 Å². The molecule has 0 fully saturated rings. The fraction of sp³-hybridized carbons (Fsp3) is 0.155. The van der Waals surface area contributed by atoms with E-state index in [9.17, 15) is 45.6 Å². The Balaban J connectivity index is 0.000000169. The second kappa shape index (κ2) is 49.5. The molecule has 26 nitrogen and oxygen atoms in total. The summed E-state index contributed by atoms with van der Waals surface area (Å²) in [6.07, 6.45) is 31.0. The van der Waals surface area contributed by atoms with E-state index in [-0.39, 0.29) is 58.2 Å². The largest absolute Gasteiger partial charge is 0.399 e. The van der Waals surface area contributed by atoms with Gasteiger partial charge in [-0.1, -0.05) is 212 Å². The molecule has 0 saturated heterocycles. The van der Waals surface area contributed by atoms with Crippen LogP contribution in [0.1, 0.15) is 113 Å². The lowest BCUT2D eigenvalue weighted by molar-refractivity contribution is -0.112. The first kappa shape index (κ1) is 102. The minimum absolute atomic E-state index is 0.00654. The number of allylic oxidation sites excluding steroid dienone is 3. The molecule has 0 bridgehead atoms. The van der Waals surface area contributed by atoms with Gasteiger partial charge in [0.1, 0.15) is 19.0 Å². The number of benzene rings is 8. The summed E-state index contributed by atoms with van der Waals surface area (Å²) in [4.78, 5) is 118. The van der Waals surface area contributed by atoms with Gasteiger partial charge in [-0.15, -0.1) is 0 Å². The lowest BCUT2D eigenvalue weighted by atomic mass is 9.99. The van der Waals surface area contributed by atoms with Crippen LogP contribution in [0.5, 0.6) is 0 Å². The number of rotatable bonds is 32. The fourth-order valence-corrected chi connectivity index (χ4v) is 17.8. The Hall–Kier alpha value is -15.5. The molecule has 0 aliphatic heterocycles. The van der Waals surface area contributed by atoms with Gasteiger partial charge in [0.05, 0.1) is 32.6 Å². The zero-order valence-corrected chi connectivity index (χ0v) is 81.8. The van der Waals surface area contributed by atoms with E-state index < -0.39 is 25.3 Å². The Kier molecular flexibility index (Phi) is 36.0. The lowest BCUT2D eigenvalue weighted by Crippen LogP contribution is -2.13. The first-order valence-electron chi connectivity index (χ1n) is 44.8. The highest BCUT2D eigenvalue weighted by atomic mass is 79.9. The number of ketones is 3. The van der Waals surface area contributed by atoms with Gasteiger partial charge in [0, 0.05) is 185 Å². The van der Waals surface area contributed by atoms with E-state index in [1.54, 1.807) is 183 Å². The Morgan fingerprint density at radius 1 is 0.421 bits per heavy atom. The van der Waals surface area contributed by atoms with Gasteiger partial charge < -0.3 is 26.2 Å². The van der Waals surface area contributed by atoms with Gasteiger partial charge >= 0.3 is 0 Å². The molecule has 8 aromatic carbocycles. The topological polar surface area (TPSA) is 353 Å². The number of halogens is 2. The van der Waals surface area contributed by atoms with E-state index in [1.165, 1.54) is 57.6 Å². The summed E-state index contributed by atoms with van der Waals surface area (Å²) in [7, 11) is 0.156. The lowest BCUT2D eigenvalue weighted by Gasteiger charge is -2.09. The molecule has 0 radical (unpaired) electrons. The first-order chi connectivity index (χ1) is 67.6. The maximum absolute atomic E-state index is 13.2. The van der Waals surface area contributed by atoms with Crippen LogP contribution in [0.3, 0.4) is 0 Å². The Morgan fingerprint density at radius 3 is 1.19 bits per heavy atom. The summed E-state index contributed by atoms with van der Waals surface area (Å²) >= 11 is 7.99. The van der Waals surface area contributed by atoms with E-state index in [2.05, 4.69) is 103 Å². The van der Waals surface area contributed by atoms with Gasteiger partial charge in [-0.2, -0.15) is 0 Å². The Morgan fingerprint density at radius 2 is 0.800 bits per heavy atom. The van der Waals surface area contributed by atoms with Crippen molar-refractivity contribution in [1.82, 2.24) is 62.6 Å². The summed E-state index contributed by atoms with van der Waals surface area (Å²) in [6.45, 7) is 5.57. The third-order valence-electron chi connectivity index (χ3n) is 21.4. The molecule has 0 atom stereocenters. The predicted molar refractivity (Wildman–Crippen MR) is 556 cm³/mol. The van der Waals surface area contributed by atoms with Crippen molar-refractivity contribution in [2.75, 3.05) is 63.0 Å². The van der Waals surface area contributed by atoms with E-state index in [1.807, 2.05) is 147 Å². The van der Waals surface area contributed by atoms with E-state index >= 15 is 0 Å². The highest BCUT2D eigenvalue weighted by Gasteiger charge is 2.24. The van der Waals surface area contributed by atoms with Crippen molar-refractivity contribution in [2.24, 2.45) is 0 Å². The first-order valence-corrected chi connectivity index (χ1v) is 49.2. The normalized spacial score (nSPS) is 11.6. The molecule has 16 aromatic rings. The van der Waals surface area contributed by atoms with Crippen molar-refractivity contribution in [3.05, 3.63) is 426 Å². The summed E-state index contributed by atoms with van der Waals surface area (Å²) < 4.78 is 55.0. The third kappa shape index (κ3) is 29.1. The molecule has 8 heterocycles. The molecule has 140 heavy (non-hydrogen) atoms. The number of amides is 2. The number of carbonyl (C=O) groups excluding carboxylic acids is 6. The number of aromatic nitrogens is 11. The molecule has 0 spiro atoms. The molecule has 4 N–H and O–H groups in total. The maximum Gasteiger partial charge on any atom is 0.269 e.